The molecular formula is C25H21N3O4. The number of anilines is 1. The van der Waals surface area contributed by atoms with Crippen LogP contribution >= 0.6 is 0 Å². The molecule has 160 valence electrons. The Bertz CT molecular complexity index is 1170. The van der Waals surface area contributed by atoms with Gasteiger partial charge in [0.05, 0.1) is 5.56 Å². The van der Waals surface area contributed by atoms with Crippen molar-refractivity contribution in [2.24, 2.45) is 0 Å². The number of H-pyrrole nitrogens is 1. The molecule has 1 unspecified atom stereocenters. The van der Waals surface area contributed by atoms with Gasteiger partial charge in [0.25, 0.3) is 5.91 Å². The molecule has 7 heteroatoms. The number of nitrogens with zero attached hydrogens (tertiary/aromatic N) is 1. The van der Waals surface area contributed by atoms with E-state index >= 15 is 0 Å². The highest BCUT2D eigenvalue weighted by molar-refractivity contribution is 5.97. The minimum atomic E-state index is -0.965. The van der Waals surface area contributed by atoms with E-state index in [-0.39, 0.29) is 0 Å². The van der Waals surface area contributed by atoms with Gasteiger partial charge in [0, 0.05) is 23.6 Å². The molecule has 3 aromatic carbocycles. The predicted octanol–water partition coefficient (Wildman–Crippen LogP) is 5.05. The topological polar surface area (TPSA) is 93.3 Å². The summed E-state index contributed by atoms with van der Waals surface area (Å²) in [5, 5.41) is 2.73. The highest BCUT2D eigenvalue weighted by Crippen LogP contribution is 2.23. The average Bonchev–Trinajstić information content (AvgIpc) is 3.36. The molecule has 0 saturated carbocycles. The third-order valence-electron chi connectivity index (χ3n) is 4.65. The standard InChI is InChI=1S/C25H21N3O4/c1-17(31-25(30)19-9-7-18(8-10-19)23-26-15-16-27-23)24(29)28-20-11-13-22(14-12-20)32-21-5-3-2-4-6-21/h2-17H,1H3,(H,26,27)(H,28,29). The van der Waals surface area contributed by atoms with Gasteiger partial charge in [-0.2, -0.15) is 0 Å². The highest BCUT2D eigenvalue weighted by atomic mass is 16.5. The van der Waals surface area contributed by atoms with E-state index in [1.807, 2.05) is 30.3 Å². The van der Waals surface area contributed by atoms with Gasteiger partial charge in [0.15, 0.2) is 6.10 Å². The van der Waals surface area contributed by atoms with Crippen molar-refractivity contribution in [3.05, 3.63) is 96.8 Å². The van der Waals surface area contributed by atoms with Gasteiger partial charge >= 0.3 is 5.97 Å². The van der Waals surface area contributed by atoms with Crippen LogP contribution in [0.4, 0.5) is 5.69 Å². The van der Waals surface area contributed by atoms with E-state index in [0.717, 1.165) is 11.3 Å². The third kappa shape index (κ3) is 5.20. The zero-order valence-corrected chi connectivity index (χ0v) is 17.3. The van der Waals surface area contributed by atoms with E-state index in [1.165, 1.54) is 6.92 Å². The Morgan fingerprint density at radius 1 is 0.906 bits per heavy atom. The van der Waals surface area contributed by atoms with E-state index in [2.05, 4.69) is 15.3 Å². The van der Waals surface area contributed by atoms with Crippen molar-refractivity contribution >= 4 is 17.6 Å². The van der Waals surface area contributed by atoms with Crippen LogP contribution in [0.25, 0.3) is 11.4 Å². The maximum Gasteiger partial charge on any atom is 0.338 e. The van der Waals surface area contributed by atoms with Gasteiger partial charge in [0.1, 0.15) is 17.3 Å². The summed E-state index contributed by atoms with van der Waals surface area (Å²) < 4.78 is 11.0. The Balaban J connectivity index is 1.31. The molecule has 2 N–H and O–H groups in total. The normalized spacial score (nSPS) is 11.4. The molecule has 32 heavy (non-hydrogen) atoms. The van der Waals surface area contributed by atoms with E-state index in [1.54, 1.807) is 60.9 Å². The van der Waals surface area contributed by atoms with Crippen molar-refractivity contribution in [3.8, 4) is 22.9 Å². The highest BCUT2D eigenvalue weighted by Gasteiger charge is 2.19. The second kappa shape index (κ2) is 9.61. The lowest BCUT2D eigenvalue weighted by Crippen LogP contribution is -2.29. The van der Waals surface area contributed by atoms with Gasteiger partial charge in [0.2, 0.25) is 0 Å². The number of benzene rings is 3. The van der Waals surface area contributed by atoms with Crippen LogP contribution in [0.15, 0.2) is 91.3 Å². The molecule has 0 aliphatic heterocycles. The van der Waals surface area contributed by atoms with Crippen LogP contribution in [0.1, 0.15) is 17.3 Å². The van der Waals surface area contributed by atoms with Gasteiger partial charge in [-0.25, -0.2) is 9.78 Å². The van der Waals surface area contributed by atoms with Crippen molar-refractivity contribution in [2.75, 3.05) is 5.32 Å². The van der Waals surface area contributed by atoms with Crippen LogP contribution in [0.2, 0.25) is 0 Å². The van der Waals surface area contributed by atoms with Crippen LogP contribution in [-0.4, -0.2) is 27.9 Å². The summed E-state index contributed by atoms with van der Waals surface area (Å²) >= 11 is 0. The first-order chi connectivity index (χ1) is 15.6. The summed E-state index contributed by atoms with van der Waals surface area (Å²) in [4.78, 5) is 32.0. The number of para-hydroxylation sites is 1. The Morgan fingerprint density at radius 3 is 2.25 bits per heavy atom. The summed E-state index contributed by atoms with van der Waals surface area (Å²) in [7, 11) is 0. The Morgan fingerprint density at radius 2 is 1.59 bits per heavy atom. The SMILES string of the molecule is CC(OC(=O)c1ccc(-c2ncc[nH]2)cc1)C(=O)Nc1ccc(Oc2ccccc2)cc1. The number of imidazole rings is 1. The smallest absolute Gasteiger partial charge is 0.338 e. The summed E-state index contributed by atoms with van der Waals surface area (Å²) in [5.74, 6) is 1.07. The number of aromatic amines is 1. The lowest BCUT2D eigenvalue weighted by Gasteiger charge is -2.14. The van der Waals surface area contributed by atoms with Crippen molar-refractivity contribution in [2.45, 2.75) is 13.0 Å². The second-order valence-electron chi connectivity index (χ2n) is 6.99. The van der Waals surface area contributed by atoms with Crippen LogP contribution in [-0.2, 0) is 9.53 Å². The van der Waals surface area contributed by atoms with Crippen molar-refractivity contribution < 1.29 is 19.1 Å². The van der Waals surface area contributed by atoms with Crippen LogP contribution in [0.3, 0.4) is 0 Å². The van der Waals surface area contributed by atoms with Crippen LogP contribution in [0, 0.1) is 0 Å². The summed E-state index contributed by atoms with van der Waals surface area (Å²) in [5.41, 5.74) is 1.76. The minimum absolute atomic E-state index is 0.349. The first kappa shape index (κ1) is 20.9. The Hall–Kier alpha value is -4.39. The van der Waals surface area contributed by atoms with E-state index in [0.29, 0.717) is 22.8 Å². The quantitative estimate of drug-likeness (QED) is 0.403. The molecule has 0 spiro atoms. The lowest BCUT2D eigenvalue weighted by atomic mass is 10.1. The molecular weight excluding hydrogens is 406 g/mol. The first-order valence-corrected chi connectivity index (χ1v) is 10.0. The zero-order chi connectivity index (χ0) is 22.3. The first-order valence-electron chi connectivity index (χ1n) is 10.0. The number of esters is 1. The fraction of sp³-hybridized carbons (Fsp3) is 0.0800. The monoisotopic (exact) mass is 427 g/mol. The van der Waals surface area contributed by atoms with E-state index in [4.69, 9.17) is 9.47 Å². The van der Waals surface area contributed by atoms with Crippen molar-refractivity contribution in [1.29, 1.82) is 0 Å². The Kier molecular flexibility index (Phi) is 6.27. The fourth-order valence-electron chi connectivity index (χ4n) is 2.94. The number of aromatic nitrogens is 2. The van der Waals surface area contributed by atoms with Crippen molar-refractivity contribution in [1.82, 2.24) is 9.97 Å². The molecule has 4 rings (SSSR count). The molecule has 0 aliphatic carbocycles. The average molecular weight is 427 g/mol. The van der Waals surface area contributed by atoms with E-state index in [9.17, 15) is 9.59 Å². The Labute approximate surface area is 185 Å². The lowest BCUT2D eigenvalue weighted by molar-refractivity contribution is -0.123. The van der Waals surface area contributed by atoms with Crippen molar-refractivity contribution in [3.63, 3.8) is 0 Å². The van der Waals surface area contributed by atoms with Gasteiger partial charge in [-0.05, 0) is 55.5 Å². The summed E-state index contributed by atoms with van der Waals surface area (Å²) in [6.45, 7) is 1.53. The summed E-state index contributed by atoms with van der Waals surface area (Å²) in [6.07, 6.45) is 2.41. The number of ether oxygens (including phenoxy) is 2. The van der Waals surface area contributed by atoms with Gasteiger partial charge < -0.3 is 19.8 Å². The molecule has 1 amide bonds. The summed E-state index contributed by atoms with van der Waals surface area (Å²) in [6, 6.07) is 23.1. The molecule has 1 atom stereocenters. The maximum absolute atomic E-state index is 12.4. The zero-order valence-electron chi connectivity index (χ0n) is 17.3. The number of carbonyl (C=O) groups excluding carboxylic acids is 2. The number of amides is 1. The molecule has 0 radical (unpaired) electrons. The molecule has 0 fully saturated rings. The molecule has 4 aromatic rings. The fourth-order valence-corrected chi connectivity index (χ4v) is 2.94. The number of hydrogen-bond donors (Lipinski definition) is 2. The van der Waals surface area contributed by atoms with Gasteiger partial charge in [-0.3, -0.25) is 4.79 Å². The predicted molar refractivity (Wildman–Crippen MR) is 120 cm³/mol. The van der Waals surface area contributed by atoms with Gasteiger partial charge in [-0.15, -0.1) is 0 Å². The molecule has 0 bridgehead atoms. The maximum atomic E-state index is 12.4. The molecule has 1 aromatic heterocycles. The van der Waals surface area contributed by atoms with Crippen LogP contribution < -0.4 is 10.1 Å². The molecule has 0 aliphatic rings. The largest absolute Gasteiger partial charge is 0.457 e. The number of nitrogens with one attached hydrogen (secondary N) is 2. The molecule has 0 saturated heterocycles. The number of rotatable bonds is 7. The minimum Gasteiger partial charge on any atom is -0.457 e. The second-order valence-corrected chi connectivity index (χ2v) is 6.99. The molecule has 1 heterocycles. The van der Waals surface area contributed by atoms with Crippen LogP contribution in [0.5, 0.6) is 11.5 Å². The number of carbonyl (C=O) groups is 2. The van der Waals surface area contributed by atoms with E-state index < -0.39 is 18.0 Å². The molecule has 7 nitrogen and oxygen atoms in total. The number of hydrogen-bond acceptors (Lipinski definition) is 5. The van der Waals surface area contributed by atoms with Gasteiger partial charge in [-0.1, -0.05) is 30.3 Å². The third-order valence-corrected chi connectivity index (χ3v) is 4.65.